The molecule has 9 heteroatoms. The molecule has 1 aliphatic heterocycles. The Bertz CT molecular complexity index is 793. The highest BCUT2D eigenvalue weighted by Crippen LogP contribution is 2.29. The number of aromatic nitrogens is 4. The van der Waals surface area contributed by atoms with E-state index in [1.54, 1.807) is 11.3 Å². The molecule has 4 rings (SSSR count). The van der Waals surface area contributed by atoms with Gasteiger partial charge in [-0.25, -0.2) is 0 Å². The minimum absolute atomic E-state index is 0.515. The second-order valence-corrected chi connectivity index (χ2v) is 7.97. The minimum Gasteiger partial charge on any atom is -0.364 e. The number of hydrogen-bond acceptors (Lipinski definition) is 7. The van der Waals surface area contributed by atoms with E-state index >= 15 is 0 Å². The first-order chi connectivity index (χ1) is 12.3. The van der Waals surface area contributed by atoms with Crippen molar-refractivity contribution in [3.8, 4) is 0 Å². The summed E-state index contributed by atoms with van der Waals surface area (Å²) < 4.78 is 5.60. The highest BCUT2D eigenvalue weighted by Gasteiger charge is 2.23. The summed E-state index contributed by atoms with van der Waals surface area (Å²) in [6.07, 6.45) is 3.57. The molecule has 0 amide bonds. The van der Waals surface area contributed by atoms with Gasteiger partial charge in [0.25, 0.3) is 0 Å². The van der Waals surface area contributed by atoms with Gasteiger partial charge in [0.1, 0.15) is 5.82 Å². The van der Waals surface area contributed by atoms with Crippen LogP contribution in [0.25, 0.3) is 0 Å². The molecule has 1 fully saturated rings. The molecule has 0 bridgehead atoms. The molecule has 4 heterocycles. The lowest BCUT2D eigenvalue weighted by Crippen LogP contribution is -2.32. The van der Waals surface area contributed by atoms with Gasteiger partial charge < -0.3 is 9.84 Å². The summed E-state index contributed by atoms with van der Waals surface area (Å²) in [5.74, 6) is 2.15. The lowest BCUT2D eigenvalue weighted by molar-refractivity contribution is 0.196. The van der Waals surface area contributed by atoms with Gasteiger partial charge in [0.15, 0.2) is 5.82 Å². The molecule has 2 N–H and O–H groups in total. The van der Waals surface area contributed by atoms with E-state index in [1.807, 2.05) is 12.1 Å². The molecule has 0 spiro atoms. The first kappa shape index (κ1) is 16.6. The lowest BCUT2D eigenvalue weighted by Gasteiger charge is -2.30. The summed E-state index contributed by atoms with van der Waals surface area (Å²) in [6.45, 7) is 3.54. The number of piperidine rings is 1. The zero-order valence-corrected chi connectivity index (χ0v) is 15.2. The average Bonchev–Trinajstić information content (AvgIpc) is 3.36. The molecule has 0 unspecified atom stereocenters. The zero-order chi connectivity index (χ0) is 17.1. The summed E-state index contributed by atoms with van der Waals surface area (Å²) >= 11 is 7.54. The van der Waals surface area contributed by atoms with Gasteiger partial charge in [0, 0.05) is 22.6 Å². The Morgan fingerprint density at radius 1 is 1.36 bits per heavy atom. The molecule has 7 nitrogen and oxygen atoms in total. The highest BCUT2D eigenvalue weighted by molar-refractivity contribution is 7.16. The third kappa shape index (κ3) is 4.20. The van der Waals surface area contributed by atoms with E-state index in [2.05, 4.69) is 36.6 Å². The maximum atomic E-state index is 5.96. The van der Waals surface area contributed by atoms with Crippen LogP contribution in [0, 0.1) is 0 Å². The molecule has 1 saturated heterocycles. The SMILES string of the molecule is Clc1ccc(CNc2cc(C3CCN(Cc4ncon4)CC3)[nH]n2)s1. The molecular formula is C16H19ClN6OS. The van der Waals surface area contributed by atoms with Crippen LogP contribution in [0.4, 0.5) is 5.82 Å². The van der Waals surface area contributed by atoms with E-state index in [0.717, 1.165) is 55.0 Å². The molecule has 0 aromatic carbocycles. The molecular weight excluding hydrogens is 360 g/mol. The van der Waals surface area contributed by atoms with Crippen molar-refractivity contribution in [2.45, 2.75) is 31.8 Å². The molecule has 0 aliphatic carbocycles. The van der Waals surface area contributed by atoms with Crippen molar-refractivity contribution in [1.82, 2.24) is 25.2 Å². The van der Waals surface area contributed by atoms with Gasteiger partial charge in [-0.1, -0.05) is 16.8 Å². The number of nitrogens with zero attached hydrogens (tertiary/aromatic N) is 4. The summed E-state index contributed by atoms with van der Waals surface area (Å²) in [7, 11) is 0. The van der Waals surface area contributed by atoms with Gasteiger partial charge in [-0.2, -0.15) is 10.1 Å². The second kappa shape index (κ2) is 7.55. The van der Waals surface area contributed by atoms with Crippen LogP contribution in [-0.4, -0.2) is 38.3 Å². The lowest BCUT2D eigenvalue weighted by atomic mass is 9.93. The number of likely N-dealkylation sites (tertiary alicyclic amines) is 1. The van der Waals surface area contributed by atoms with E-state index in [0.29, 0.717) is 5.92 Å². The summed E-state index contributed by atoms with van der Waals surface area (Å²) in [6, 6.07) is 6.07. The quantitative estimate of drug-likeness (QED) is 0.683. The number of thiophene rings is 1. The van der Waals surface area contributed by atoms with Crippen LogP contribution >= 0.6 is 22.9 Å². The predicted molar refractivity (Wildman–Crippen MR) is 96.8 cm³/mol. The van der Waals surface area contributed by atoms with Crippen LogP contribution in [0.2, 0.25) is 4.34 Å². The van der Waals surface area contributed by atoms with E-state index in [9.17, 15) is 0 Å². The third-order valence-corrected chi connectivity index (χ3v) is 5.70. The van der Waals surface area contributed by atoms with Crippen molar-refractivity contribution in [2.24, 2.45) is 0 Å². The van der Waals surface area contributed by atoms with Gasteiger partial charge in [-0.3, -0.25) is 10.00 Å². The van der Waals surface area contributed by atoms with Crippen LogP contribution in [0.5, 0.6) is 0 Å². The van der Waals surface area contributed by atoms with Crippen molar-refractivity contribution in [3.05, 3.63) is 45.3 Å². The van der Waals surface area contributed by atoms with Crippen molar-refractivity contribution in [3.63, 3.8) is 0 Å². The molecule has 0 atom stereocenters. The first-order valence-corrected chi connectivity index (χ1v) is 9.47. The Kier molecular flexibility index (Phi) is 5.00. The third-order valence-electron chi connectivity index (χ3n) is 4.47. The second-order valence-electron chi connectivity index (χ2n) is 6.17. The van der Waals surface area contributed by atoms with Gasteiger partial charge in [-0.15, -0.1) is 11.3 Å². The Morgan fingerprint density at radius 3 is 2.96 bits per heavy atom. The van der Waals surface area contributed by atoms with Crippen LogP contribution in [-0.2, 0) is 13.1 Å². The topological polar surface area (TPSA) is 82.9 Å². The van der Waals surface area contributed by atoms with Crippen molar-refractivity contribution in [1.29, 1.82) is 0 Å². The Morgan fingerprint density at radius 2 is 2.24 bits per heavy atom. The molecule has 3 aromatic rings. The fraction of sp³-hybridized carbons (Fsp3) is 0.438. The predicted octanol–water partition coefficient (Wildman–Crippen LogP) is 3.50. The van der Waals surface area contributed by atoms with Crippen LogP contribution in [0.3, 0.4) is 0 Å². The Balaban J connectivity index is 1.27. The number of nitrogens with one attached hydrogen (secondary N) is 2. The zero-order valence-electron chi connectivity index (χ0n) is 13.6. The summed E-state index contributed by atoms with van der Waals surface area (Å²) in [4.78, 5) is 7.64. The first-order valence-electron chi connectivity index (χ1n) is 8.27. The maximum absolute atomic E-state index is 5.96. The number of hydrogen-bond donors (Lipinski definition) is 2. The van der Waals surface area contributed by atoms with Crippen LogP contribution in [0.15, 0.2) is 29.1 Å². The van der Waals surface area contributed by atoms with Crippen LogP contribution in [0.1, 0.15) is 35.2 Å². The number of rotatable bonds is 6. The normalized spacial score (nSPS) is 16.4. The molecule has 0 radical (unpaired) electrons. The summed E-state index contributed by atoms with van der Waals surface area (Å²) in [5.41, 5.74) is 1.20. The average molecular weight is 379 g/mol. The van der Waals surface area contributed by atoms with Gasteiger partial charge in [0.05, 0.1) is 17.4 Å². The highest BCUT2D eigenvalue weighted by atomic mass is 35.5. The Hall–Kier alpha value is -1.90. The van der Waals surface area contributed by atoms with E-state index in [1.165, 1.54) is 17.0 Å². The number of aromatic amines is 1. The summed E-state index contributed by atoms with van der Waals surface area (Å²) in [5, 5.41) is 14.8. The van der Waals surface area contributed by atoms with Gasteiger partial charge in [0.2, 0.25) is 6.39 Å². The van der Waals surface area contributed by atoms with E-state index in [4.69, 9.17) is 16.1 Å². The smallest absolute Gasteiger partial charge is 0.213 e. The van der Waals surface area contributed by atoms with Crippen molar-refractivity contribution < 1.29 is 4.52 Å². The monoisotopic (exact) mass is 378 g/mol. The van der Waals surface area contributed by atoms with Crippen LogP contribution < -0.4 is 5.32 Å². The largest absolute Gasteiger partial charge is 0.364 e. The fourth-order valence-corrected chi connectivity index (χ4v) is 4.15. The standard InChI is InChI=1S/C16H19ClN6OS/c17-14-2-1-12(25-14)8-18-15-7-13(20-21-15)11-3-5-23(6-4-11)9-16-19-10-24-22-16/h1-2,7,10-11H,3-6,8-9H2,(H2,18,20,21). The van der Waals surface area contributed by atoms with E-state index in [-0.39, 0.29) is 0 Å². The molecule has 0 saturated carbocycles. The number of anilines is 1. The van der Waals surface area contributed by atoms with Crippen molar-refractivity contribution in [2.75, 3.05) is 18.4 Å². The number of H-pyrrole nitrogens is 1. The van der Waals surface area contributed by atoms with Gasteiger partial charge in [-0.05, 0) is 38.1 Å². The molecule has 25 heavy (non-hydrogen) atoms. The Labute approximate surface area is 154 Å². The molecule has 1 aliphatic rings. The number of halogens is 1. The van der Waals surface area contributed by atoms with Crippen molar-refractivity contribution >= 4 is 28.8 Å². The minimum atomic E-state index is 0.515. The maximum Gasteiger partial charge on any atom is 0.213 e. The van der Waals surface area contributed by atoms with Gasteiger partial charge >= 0.3 is 0 Å². The fourth-order valence-electron chi connectivity index (χ4n) is 3.12. The van der Waals surface area contributed by atoms with E-state index < -0.39 is 0 Å². The molecule has 132 valence electrons. The molecule has 3 aromatic heterocycles.